The van der Waals surface area contributed by atoms with E-state index in [0.717, 1.165) is 40.8 Å². The van der Waals surface area contributed by atoms with Gasteiger partial charge in [-0.2, -0.15) is 5.10 Å². The third kappa shape index (κ3) is 4.98. The van der Waals surface area contributed by atoms with Gasteiger partial charge in [0.05, 0.1) is 17.3 Å². The Labute approximate surface area is 182 Å². The van der Waals surface area contributed by atoms with Gasteiger partial charge in [-0.3, -0.25) is 9.59 Å². The number of aromatic nitrogens is 3. The molecule has 0 radical (unpaired) electrons. The second kappa shape index (κ2) is 10.1. The summed E-state index contributed by atoms with van der Waals surface area (Å²) in [6, 6.07) is 0.255. The lowest BCUT2D eigenvalue weighted by Crippen LogP contribution is -2.38. The number of fused-ring (bicyclic) bond motifs is 1. The van der Waals surface area contributed by atoms with Gasteiger partial charge in [0.25, 0.3) is 0 Å². The summed E-state index contributed by atoms with van der Waals surface area (Å²) in [6.07, 6.45) is 4.29. The number of hydrogen-bond acceptors (Lipinski definition) is 6. The normalized spacial score (nSPS) is 15.9. The van der Waals surface area contributed by atoms with Crippen molar-refractivity contribution in [2.75, 3.05) is 18.5 Å². The number of aliphatic carboxylic acids is 1. The maximum Gasteiger partial charge on any atom is 0.316 e. The highest BCUT2D eigenvalue weighted by Gasteiger charge is 2.30. The average Bonchev–Trinajstić information content (AvgIpc) is 3.15. The zero-order chi connectivity index (χ0) is 22.5. The zero-order valence-corrected chi connectivity index (χ0v) is 18.8. The number of amides is 1. The third-order valence-electron chi connectivity index (χ3n) is 5.83. The largest absolute Gasteiger partial charge is 0.481 e. The van der Waals surface area contributed by atoms with Gasteiger partial charge in [-0.15, -0.1) is 0 Å². The molecule has 9 heteroatoms. The fourth-order valence-electron chi connectivity index (χ4n) is 4.09. The van der Waals surface area contributed by atoms with Crippen LogP contribution in [0.1, 0.15) is 51.8 Å². The van der Waals surface area contributed by atoms with Gasteiger partial charge in [-0.05, 0) is 32.1 Å². The third-order valence-corrected chi connectivity index (χ3v) is 5.83. The number of aryl methyl sites for hydroxylation is 2. The van der Waals surface area contributed by atoms with Gasteiger partial charge in [-0.1, -0.05) is 20.8 Å². The van der Waals surface area contributed by atoms with Crippen LogP contribution in [0.3, 0.4) is 0 Å². The van der Waals surface area contributed by atoms with E-state index in [4.69, 9.17) is 9.72 Å². The van der Waals surface area contributed by atoms with E-state index in [2.05, 4.69) is 15.7 Å². The van der Waals surface area contributed by atoms with Gasteiger partial charge in [0, 0.05) is 43.6 Å². The van der Waals surface area contributed by atoms with Crippen LogP contribution in [-0.4, -0.2) is 51.0 Å². The van der Waals surface area contributed by atoms with Crippen molar-refractivity contribution < 1.29 is 19.4 Å². The number of hydrogen-bond donors (Lipinski definition) is 3. The number of carboxylic acids is 1. The number of nitrogens with zero attached hydrogens (tertiary/aromatic N) is 3. The minimum Gasteiger partial charge on any atom is -0.481 e. The lowest BCUT2D eigenvalue weighted by atomic mass is 9.95. The summed E-state index contributed by atoms with van der Waals surface area (Å²) in [4.78, 5) is 29.0. The molecule has 0 spiro atoms. The molecule has 2 aromatic heterocycles. The molecule has 0 aromatic carbocycles. The van der Waals surface area contributed by atoms with E-state index in [0.29, 0.717) is 26.2 Å². The second-order valence-corrected chi connectivity index (χ2v) is 8.27. The molecule has 3 rings (SSSR count). The van der Waals surface area contributed by atoms with Crippen molar-refractivity contribution in [2.24, 2.45) is 11.8 Å². The van der Waals surface area contributed by atoms with E-state index in [9.17, 15) is 14.7 Å². The SMILES string of the molecule is CCc1nc2c(cnn2CC)c(NC2CCOCC2)c1CNC(=O)C(C(=O)O)C(C)C. The van der Waals surface area contributed by atoms with E-state index >= 15 is 0 Å². The average molecular weight is 432 g/mol. The topological polar surface area (TPSA) is 118 Å². The van der Waals surface area contributed by atoms with Crippen LogP contribution in [0.25, 0.3) is 11.0 Å². The molecule has 1 unspecified atom stereocenters. The number of carbonyl (C=O) groups excluding carboxylic acids is 1. The predicted octanol–water partition coefficient (Wildman–Crippen LogP) is 2.58. The molecule has 1 aliphatic rings. The standard InChI is InChI=1S/C22H33N5O4/c1-5-17-15(11-23-21(28)18(13(3)4)22(29)30)19(25-14-7-9-31-10-8-14)16-12-24-27(6-2)20(16)26-17/h12-14,18H,5-11H2,1-4H3,(H,23,28)(H,25,26)(H,29,30). The molecule has 2 aromatic rings. The predicted molar refractivity (Wildman–Crippen MR) is 118 cm³/mol. The molecule has 3 N–H and O–H groups in total. The van der Waals surface area contributed by atoms with Crippen molar-refractivity contribution in [3.63, 3.8) is 0 Å². The molecule has 0 bridgehead atoms. The molecule has 0 saturated carbocycles. The highest BCUT2D eigenvalue weighted by atomic mass is 16.5. The maximum atomic E-state index is 12.6. The first kappa shape index (κ1) is 23.0. The van der Waals surface area contributed by atoms with E-state index in [1.54, 1.807) is 13.8 Å². The quantitative estimate of drug-likeness (QED) is 0.522. The highest BCUT2D eigenvalue weighted by molar-refractivity contribution is 5.97. The van der Waals surface area contributed by atoms with Crippen LogP contribution in [0.5, 0.6) is 0 Å². The monoisotopic (exact) mass is 431 g/mol. The number of pyridine rings is 1. The van der Waals surface area contributed by atoms with Crippen molar-refractivity contribution in [2.45, 2.75) is 66.1 Å². The number of rotatable bonds is 9. The second-order valence-electron chi connectivity index (χ2n) is 8.27. The zero-order valence-electron chi connectivity index (χ0n) is 18.8. The fourth-order valence-corrected chi connectivity index (χ4v) is 4.09. The molecule has 3 heterocycles. The summed E-state index contributed by atoms with van der Waals surface area (Å²) in [7, 11) is 0. The van der Waals surface area contributed by atoms with Gasteiger partial charge in [0.15, 0.2) is 5.65 Å². The number of carboxylic acid groups (broad SMARTS) is 1. The van der Waals surface area contributed by atoms with Crippen LogP contribution >= 0.6 is 0 Å². The van der Waals surface area contributed by atoms with Crippen molar-refractivity contribution >= 4 is 28.6 Å². The van der Waals surface area contributed by atoms with Crippen LogP contribution in [0.2, 0.25) is 0 Å². The first-order valence-electron chi connectivity index (χ1n) is 11.1. The summed E-state index contributed by atoms with van der Waals surface area (Å²) in [5, 5.41) is 21.3. The Bertz CT molecular complexity index is 934. The van der Waals surface area contributed by atoms with Crippen molar-refractivity contribution in [3.8, 4) is 0 Å². The summed E-state index contributed by atoms with van der Waals surface area (Å²) in [5.74, 6) is -2.98. The Morgan fingerprint density at radius 2 is 2.00 bits per heavy atom. The van der Waals surface area contributed by atoms with Crippen LogP contribution in [0, 0.1) is 11.8 Å². The maximum absolute atomic E-state index is 12.6. The first-order valence-corrected chi connectivity index (χ1v) is 11.1. The molecule has 1 fully saturated rings. The number of nitrogens with one attached hydrogen (secondary N) is 2. The molecule has 31 heavy (non-hydrogen) atoms. The van der Waals surface area contributed by atoms with E-state index in [-0.39, 0.29) is 18.5 Å². The van der Waals surface area contributed by atoms with Crippen LogP contribution in [0.4, 0.5) is 5.69 Å². The minimum absolute atomic E-state index is 0.213. The van der Waals surface area contributed by atoms with Gasteiger partial charge >= 0.3 is 5.97 Å². The van der Waals surface area contributed by atoms with Crippen LogP contribution in [-0.2, 0) is 33.8 Å². The smallest absolute Gasteiger partial charge is 0.316 e. The Balaban J connectivity index is 1.98. The number of ether oxygens (including phenoxy) is 1. The lowest BCUT2D eigenvalue weighted by Gasteiger charge is -2.27. The molecule has 1 aliphatic heterocycles. The Hall–Kier alpha value is -2.68. The molecule has 1 atom stereocenters. The summed E-state index contributed by atoms with van der Waals surface area (Å²) < 4.78 is 7.36. The highest BCUT2D eigenvalue weighted by Crippen LogP contribution is 2.31. The number of carbonyl (C=O) groups is 2. The van der Waals surface area contributed by atoms with Gasteiger partial charge in [-0.25, -0.2) is 9.67 Å². The molecular formula is C22H33N5O4. The Kier molecular flexibility index (Phi) is 7.48. The molecular weight excluding hydrogens is 398 g/mol. The van der Waals surface area contributed by atoms with Crippen molar-refractivity contribution in [1.82, 2.24) is 20.1 Å². The molecule has 0 aliphatic carbocycles. The molecule has 9 nitrogen and oxygen atoms in total. The number of anilines is 1. The Morgan fingerprint density at radius 1 is 1.29 bits per heavy atom. The van der Waals surface area contributed by atoms with E-state index in [1.807, 2.05) is 24.7 Å². The van der Waals surface area contributed by atoms with Gasteiger partial charge in [0.2, 0.25) is 5.91 Å². The van der Waals surface area contributed by atoms with Crippen molar-refractivity contribution in [1.29, 1.82) is 0 Å². The fraction of sp³-hybridized carbons (Fsp3) is 0.636. The summed E-state index contributed by atoms with van der Waals surface area (Å²) in [6.45, 7) is 9.87. The first-order chi connectivity index (χ1) is 14.9. The Morgan fingerprint density at radius 3 is 2.58 bits per heavy atom. The van der Waals surface area contributed by atoms with Gasteiger partial charge in [0.1, 0.15) is 5.92 Å². The minimum atomic E-state index is -1.11. The van der Waals surface area contributed by atoms with E-state index in [1.165, 1.54) is 0 Å². The summed E-state index contributed by atoms with van der Waals surface area (Å²) >= 11 is 0. The molecule has 1 amide bonds. The lowest BCUT2D eigenvalue weighted by molar-refractivity contribution is -0.148. The van der Waals surface area contributed by atoms with Crippen molar-refractivity contribution in [3.05, 3.63) is 17.5 Å². The van der Waals surface area contributed by atoms with E-state index < -0.39 is 17.8 Å². The van der Waals surface area contributed by atoms with Crippen LogP contribution in [0.15, 0.2) is 6.20 Å². The van der Waals surface area contributed by atoms with Crippen LogP contribution < -0.4 is 10.6 Å². The molecule has 170 valence electrons. The molecule has 1 saturated heterocycles. The summed E-state index contributed by atoms with van der Waals surface area (Å²) in [5.41, 5.74) is 3.49. The van der Waals surface area contributed by atoms with Gasteiger partial charge < -0.3 is 20.5 Å².